The van der Waals surface area contributed by atoms with E-state index in [1.165, 1.54) is 24.4 Å². The van der Waals surface area contributed by atoms with Crippen LogP contribution >= 0.6 is 12.4 Å². The Balaban J connectivity index is 0.00000300. The number of nitrogens with two attached hydrogens (primary N) is 1. The Kier molecular flexibility index (Phi) is 6.04. The molecule has 0 spiro atoms. The number of nitrogens with zero attached hydrogens (tertiary/aromatic N) is 3. The van der Waals surface area contributed by atoms with Crippen LogP contribution in [-0.4, -0.2) is 29.4 Å². The second kappa shape index (κ2) is 7.97. The third-order valence-corrected chi connectivity index (χ3v) is 4.32. The van der Waals surface area contributed by atoms with Crippen molar-refractivity contribution in [3.05, 3.63) is 59.2 Å². The summed E-state index contributed by atoms with van der Waals surface area (Å²) < 4.78 is 47.8. The van der Waals surface area contributed by atoms with Gasteiger partial charge in [0, 0.05) is 17.4 Å². The van der Waals surface area contributed by atoms with Crippen molar-refractivity contribution in [3.63, 3.8) is 0 Å². The predicted octanol–water partition coefficient (Wildman–Crippen LogP) is 2.96. The second-order valence-electron chi connectivity index (χ2n) is 6.21. The molecule has 0 saturated heterocycles. The lowest BCUT2D eigenvalue weighted by Crippen LogP contribution is -2.51. The number of halogens is 4. The number of rotatable bonds is 3. The van der Waals surface area contributed by atoms with Crippen molar-refractivity contribution >= 4 is 30.0 Å². The molecule has 2 heterocycles. The Bertz CT molecular complexity index is 1010. The van der Waals surface area contributed by atoms with Crippen LogP contribution < -0.4 is 11.1 Å². The quantitative estimate of drug-likeness (QED) is 0.784. The van der Waals surface area contributed by atoms with Gasteiger partial charge in [-0.1, -0.05) is 0 Å². The molecular weight excluding hydrogens is 411 g/mol. The first kappa shape index (κ1) is 22.0. The number of amidine groups is 1. The zero-order chi connectivity index (χ0) is 20.5. The molecular formula is C18H15ClF3N5O2. The van der Waals surface area contributed by atoms with Gasteiger partial charge in [-0.05, 0) is 37.3 Å². The van der Waals surface area contributed by atoms with Crippen LogP contribution in [0.1, 0.15) is 28.5 Å². The standard InChI is InChI=1S/C18H14F3N5O2.ClH/c1-17(18(20,21)9-28-16(23)26-17)12-6-11(3-4-13(12)19)25-15(27)14-5-2-10(7-22)8-24-14;/h2-6,8H,9H2,1H3,(H2,23,26)(H,25,27);1H/t17-;/m1./s1. The van der Waals surface area contributed by atoms with Crippen LogP contribution in [-0.2, 0) is 10.3 Å². The first-order valence-corrected chi connectivity index (χ1v) is 8.00. The van der Waals surface area contributed by atoms with Crippen molar-refractivity contribution in [2.45, 2.75) is 18.4 Å². The third kappa shape index (κ3) is 4.09. The Morgan fingerprint density at radius 2 is 2.07 bits per heavy atom. The van der Waals surface area contributed by atoms with Crippen molar-refractivity contribution in [1.82, 2.24) is 4.98 Å². The number of hydrogen-bond donors (Lipinski definition) is 2. The third-order valence-electron chi connectivity index (χ3n) is 4.32. The number of pyridine rings is 1. The molecule has 1 atom stereocenters. The van der Waals surface area contributed by atoms with E-state index in [-0.39, 0.29) is 29.4 Å². The van der Waals surface area contributed by atoms with Crippen molar-refractivity contribution in [2.75, 3.05) is 11.9 Å². The highest BCUT2D eigenvalue weighted by Crippen LogP contribution is 2.44. The average Bonchev–Trinajstić information content (AvgIpc) is 2.66. The fraction of sp³-hybridized carbons (Fsp3) is 0.222. The van der Waals surface area contributed by atoms with E-state index in [2.05, 4.69) is 20.0 Å². The van der Waals surface area contributed by atoms with E-state index in [1.54, 1.807) is 0 Å². The largest absolute Gasteiger partial charge is 0.459 e. The van der Waals surface area contributed by atoms with Gasteiger partial charge in [0.2, 0.25) is 0 Å². The zero-order valence-corrected chi connectivity index (χ0v) is 15.8. The number of carbonyl (C=O) groups is 1. The number of amides is 1. The van der Waals surface area contributed by atoms with Gasteiger partial charge in [-0.2, -0.15) is 14.0 Å². The number of nitriles is 1. The van der Waals surface area contributed by atoms with Crippen LogP contribution in [0.2, 0.25) is 0 Å². The average molecular weight is 426 g/mol. The van der Waals surface area contributed by atoms with E-state index in [0.29, 0.717) is 0 Å². The second-order valence-corrected chi connectivity index (χ2v) is 6.21. The van der Waals surface area contributed by atoms with E-state index in [9.17, 15) is 18.0 Å². The molecule has 2 aromatic rings. The van der Waals surface area contributed by atoms with Crippen LogP contribution in [0.15, 0.2) is 41.5 Å². The molecule has 0 radical (unpaired) electrons. The molecule has 1 aromatic carbocycles. The number of alkyl halides is 2. The van der Waals surface area contributed by atoms with E-state index in [1.807, 2.05) is 6.07 Å². The lowest BCUT2D eigenvalue weighted by molar-refractivity contribution is -0.117. The van der Waals surface area contributed by atoms with Gasteiger partial charge in [0.05, 0.1) is 5.56 Å². The SMILES string of the molecule is C[C@]1(c2cc(NC(=O)c3ccc(C#N)cn3)ccc2F)N=C(N)OCC1(F)F.Cl. The number of nitrogens with one attached hydrogen (secondary N) is 1. The van der Waals surface area contributed by atoms with Gasteiger partial charge in [0.15, 0.2) is 12.1 Å². The van der Waals surface area contributed by atoms with E-state index in [4.69, 9.17) is 11.0 Å². The van der Waals surface area contributed by atoms with Gasteiger partial charge in [-0.15, -0.1) is 12.4 Å². The maximum atomic E-state index is 14.4. The summed E-state index contributed by atoms with van der Waals surface area (Å²) in [6.45, 7) is -0.0153. The van der Waals surface area contributed by atoms with Crippen LogP contribution in [0.3, 0.4) is 0 Å². The van der Waals surface area contributed by atoms with Crippen molar-refractivity contribution < 1.29 is 22.7 Å². The first-order chi connectivity index (χ1) is 13.2. The number of carbonyl (C=O) groups excluding carboxylic acids is 1. The molecule has 29 heavy (non-hydrogen) atoms. The first-order valence-electron chi connectivity index (χ1n) is 8.00. The molecule has 3 N–H and O–H groups in total. The molecule has 11 heteroatoms. The molecule has 1 aliphatic rings. The molecule has 1 amide bonds. The van der Waals surface area contributed by atoms with E-state index in [0.717, 1.165) is 19.1 Å². The van der Waals surface area contributed by atoms with Crippen LogP contribution in [0, 0.1) is 17.1 Å². The molecule has 0 aliphatic carbocycles. The number of anilines is 1. The predicted molar refractivity (Wildman–Crippen MR) is 100 cm³/mol. The Hall–Kier alpha value is -3.32. The summed E-state index contributed by atoms with van der Waals surface area (Å²) in [5.74, 6) is -5.13. The van der Waals surface area contributed by atoms with Gasteiger partial charge in [-0.3, -0.25) is 4.79 Å². The fourth-order valence-corrected chi connectivity index (χ4v) is 2.66. The molecule has 3 rings (SSSR count). The molecule has 1 aromatic heterocycles. The summed E-state index contributed by atoms with van der Waals surface area (Å²) in [6, 6.07) is 7.34. The van der Waals surface area contributed by atoms with Gasteiger partial charge in [0.1, 0.15) is 17.6 Å². The van der Waals surface area contributed by atoms with E-state index >= 15 is 0 Å². The molecule has 0 unspecified atom stereocenters. The highest BCUT2D eigenvalue weighted by Gasteiger charge is 2.56. The highest BCUT2D eigenvalue weighted by molar-refractivity contribution is 6.02. The molecule has 0 fully saturated rings. The number of aromatic nitrogens is 1. The highest BCUT2D eigenvalue weighted by atomic mass is 35.5. The summed E-state index contributed by atoms with van der Waals surface area (Å²) in [6.07, 6.45) is 1.21. The Labute approximate surface area is 169 Å². The maximum Gasteiger partial charge on any atom is 0.310 e. The number of hydrogen-bond acceptors (Lipinski definition) is 6. The van der Waals surface area contributed by atoms with Crippen LogP contribution in [0.4, 0.5) is 18.9 Å². The van der Waals surface area contributed by atoms with Crippen LogP contribution in [0.5, 0.6) is 0 Å². The number of benzene rings is 1. The smallest absolute Gasteiger partial charge is 0.310 e. The summed E-state index contributed by atoms with van der Waals surface area (Å²) in [4.78, 5) is 19.7. The normalized spacial score (nSPS) is 19.8. The fourth-order valence-electron chi connectivity index (χ4n) is 2.66. The van der Waals surface area contributed by atoms with Crippen LogP contribution in [0.25, 0.3) is 0 Å². The van der Waals surface area contributed by atoms with Gasteiger partial charge in [0.25, 0.3) is 11.9 Å². The lowest BCUT2D eigenvalue weighted by Gasteiger charge is -2.37. The van der Waals surface area contributed by atoms with Crippen molar-refractivity contribution in [1.29, 1.82) is 5.26 Å². The molecule has 0 bridgehead atoms. The minimum atomic E-state index is -3.53. The van der Waals surface area contributed by atoms with E-state index < -0.39 is 41.4 Å². The van der Waals surface area contributed by atoms with Gasteiger partial charge < -0.3 is 15.8 Å². The van der Waals surface area contributed by atoms with Crippen molar-refractivity contribution in [3.8, 4) is 6.07 Å². The zero-order valence-electron chi connectivity index (χ0n) is 14.9. The molecule has 1 aliphatic heterocycles. The topological polar surface area (TPSA) is 113 Å². The lowest BCUT2D eigenvalue weighted by atomic mass is 9.85. The number of aliphatic imine (C=N–C) groups is 1. The summed E-state index contributed by atoms with van der Waals surface area (Å²) in [7, 11) is 0. The Morgan fingerprint density at radius 1 is 1.34 bits per heavy atom. The van der Waals surface area contributed by atoms with Gasteiger partial charge in [-0.25, -0.2) is 14.4 Å². The summed E-state index contributed by atoms with van der Waals surface area (Å²) in [5, 5.41) is 11.2. The maximum absolute atomic E-state index is 14.4. The summed E-state index contributed by atoms with van der Waals surface area (Å²) >= 11 is 0. The minimum Gasteiger partial charge on any atom is -0.459 e. The minimum absolute atomic E-state index is 0. The molecule has 152 valence electrons. The number of ether oxygens (including phenoxy) is 1. The van der Waals surface area contributed by atoms with Gasteiger partial charge >= 0.3 is 5.92 Å². The summed E-state index contributed by atoms with van der Waals surface area (Å²) in [5.41, 5.74) is 2.97. The van der Waals surface area contributed by atoms with Crippen molar-refractivity contribution in [2.24, 2.45) is 10.7 Å². The molecule has 0 saturated carbocycles. The monoisotopic (exact) mass is 425 g/mol. The molecule has 7 nitrogen and oxygen atoms in total. The Morgan fingerprint density at radius 3 is 2.69 bits per heavy atom.